The molecule has 0 bridgehead atoms. The third-order valence-corrected chi connectivity index (χ3v) is 3.26. The molecular formula is C13H20N2O. The average molecular weight is 220 g/mol. The van der Waals surface area contributed by atoms with E-state index in [2.05, 4.69) is 16.4 Å². The fourth-order valence-corrected chi connectivity index (χ4v) is 2.23. The number of fused-ring (bicyclic) bond motifs is 1. The number of hydrogen-bond acceptors (Lipinski definition) is 3. The predicted molar refractivity (Wildman–Crippen MR) is 64.3 cm³/mol. The summed E-state index contributed by atoms with van der Waals surface area (Å²) in [6, 6.07) is 2.29. The second-order valence-electron chi connectivity index (χ2n) is 4.57. The number of pyridine rings is 1. The van der Waals surface area contributed by atoms with Crippen molar-refractivity contribution in [3.05, 3.63) is 29.1 Å². The summed E-state index contributed by atoms with van der Waals surface area (Å²) in [6.45, 7) is 2.93. The lowest BCUT2D eigenvalue weighted by atomic mass is 9.91. The maximum atomic E-state index is 8.97. The van der Waals surface area contributed by atoms with Gasteiger partial charge in [-0.1, -0.05) is 0 Å². The molecule has 0 fully saturated rings. The van der Waals surface area contributed by atoms with E-state index in [1.807, 2.05) is 13.1 Å². The van der Waals surface area contributed by atoms with E-state index in [-0.39, 0.29) is 12.6 Å². The highest BCUT2D eigenvalue weighted by atomic mass is 16.3. The molecule has 0 aliphatic heterocycles. The maximum Gasteiger partial charge on any atom is 0.0582 e. The van der Waals surface area contributed by atoms with Crippen LogP contribution in [0.25, 0.3) is 0 Å². The van der Waals surface area contributed by atoms with Crippen LogP contribution in [-0.2, 0) is 19.4 Å². The van der Waals surface area contributed by atoms with E-state index in [0.717, 1.165) is 18.7 Å². The molecule has 1 heterocycles. The molecule has 88 valence electrons. The molecule has 1 aliphatic rings. The van der Waals surface area contributed by atoms with Crippen molar-refractivity contribution in [2.24, 2.45) is 0 Å². The van der Waals surface area contributed by atoms with Gasteiger partial charge >= 0.3 is 0 Å². The molecule has 3 heteroatoms. The van der Waals surface area contributed by atoms with Gasteiger partial charge in [0.05, 0.1) is 12.3 Å². The molecule has 3 nitrogen and oxygen atoms in total. The molecule has 0 radical (unpaired) electrons. The van der Waals surface area contributed by atoms with Gasteiger partial charge in [-0.2, -0.15) is 0 Å². The smallest absolute Gasteiger partial charge is 0.0582 e. The normalized spacial score (nSPS) is 16.9. The average Bonchev–Trinajstić information content (AvgIpc) is 2.35. The summed E-state index contributed by atoms with van der Waals surface area (Å²) >= 11 is 0. The van der Waals surface area contributed by atoms with Crippen LogP contribution in [0.1, 0.15) is 36.6 Å². The lowest BCUT2D eigenvalue weighted by Crippen LogP contribution is -2.29. The van der Waals surface area contributed by atoms with Gasteiger partial charge in [-0.3, -0.25) is 4.98 Å². The van der Waals surface area contributed by atoms with Crippen LogP contribution in [0.15, 0.2) is 12.3 Å². The standard InChI is InChI=1S/C13H20N2O/c1-10(9-16)15-8-13-12-5-3-2-4-11(12)6-7-14-13/h6-7,10,15-16H,2-5,8-9H2,1H3. The van der Waals surface area contributed by atoms with E-state index in [4.69, 9.17) is 5.11 Å². The monoisotopic (exact) mass is 220 g/mol. The molecule has 1 aliphatic carbocycles. The molecule has 1 unspecified atom stereocenters. The van der Waals surface area contributed by atoms with Gasteiger partial charge in [0.1, 0.15) is 0 Å². The second-order valence-corrected chi connectivity index (χ2v) is 4.57. The summed E-state index contributed by atoms with van der Waals surface area (Å²) in [6.07, 6.45) is 6.84. The summed E-state index contributed by atoms with van der Waals surface area (Å²) < 4.78 is 0. The molecule has 1 atom stereocenters. The lowest BCUT2D eigenvalue weighted by Gasteiger charge is -2.19. The molecule has 16 heavy (non-hydrogen) atoms. The summed E-state index contributed by atoms with van der Waals surface area (Å²) in [5.74, 6) is 0. The van der Waals surface area contributed by atoms with Gasteiger partial charge < -0.3 is 10.4 Å². The fraction of sp³-hybridized carbons (Fsp3) is 0.615. The topological polar surface area (TPSA) is 45.1 Å². The summed E-state index contributed by atoms with van der Waals surface area (Å²) in [7, 11) is 0. The van der Waals surface area contributed by atoms with Crippen LogP contribution in [0.3, 0.4) is 0 Å². The van der Waals surface area contributed by atoms with Gasteiger partial charge in [-0.05, 0) is 49.8 Å². The van der Waals surface area contributed by atoms with Gasteiger partial charge in [0.15, 0.2) is 0 Å². The molecule has 0 amide bonds. The van der Waals surface area contributed by atoms with E-state index in [1.165, 1.54) is 30.4 Å². The Balaban J connectivity index is 2.08. The number of nitrogens with one attached hydrogen (secondary N) is 1. The Morgan fingerprint density at radius 3 is 3.06 bits per heavy atom. The van der Waals surface area contributed by atoms with Crippen molar-refractivity contribution >= 4 is 0 Å². The van der Waals surface area contributed by atoms with Crippen LogP contribution in [0.4, 0.5) is 0 Å². The Bertz CT molecular complexity index is 352. The van der Waals surface area contributed by atoms with Crippen LogP contribution >= 0.6 is 0 Å². The van der Waals surface area contributed by atoms with Crippen molar-refractivity contribution in [2.75, 3.05) is 6.61 Å². The number of aliphatic hydroxyl groups excluding tert-OH is 1. The van der Waals surface area contributed by atoms with Gasteiger partial charge in [0.2, 0.25) is 0 Å². The van der Waals surface area contributed by atoms with Gasteiger partial charge in [-0.25, -0.2) is 0 Å². The van der Waals surface area contributed by atoms with Crippen molar-refractivity contribution in [1.29, 1.82) is 0 Å². The highest BCUT2D eigenvalue weighted by molar-refractivity contribution is 5.32. The van der Waals surface area contributed by atoms with Crippen LogP contribution in [0.5, 0.6) is 0 Å². The summed E-state index contributed by atoms with van der Waals surface area (Å²) in [4.78, 5) is 4.45. The molecule has 2 N–H and O–H groups in total. The van der Waals surface area contributed by atoms with Crippen LogP contribution in [-0.4, -0.2) is 22.7 Å². The highest BCUT2D eigenvalue weighted by Crippen LogP contribution is 2.22. The third-order valence-electron chi connectivity index (χ3n) is 3.26. The van der Waals surface area contributed by atoms with Crippen molar-refractivity contribution in [1.82, 2.24) is 10.3 Å². The van der Waals surface area contributed by atoms with Gasteiger partial charge in [0, 0.05) is 18.8 Å². The lowest BCUT2D eigenvalue weighted by molar-refractivity contribution is 0.250. The highest BCUT2D eigenvalue weighted by Gasteiger charge is 2.13. The van der Waals surface area contributed by atoms with E-state index >= 15 is 0 Å². The Kier molecular flexibility index (Phi) is 3.91. The number of nitrogens with zero attached hydrogens (tertiary/aromatic N) is 1. The Morgan fingerprint density at radius 2 is 2.25 bits per heavy atom. The van der Waals surface area contributed by atoms with Crippen molar-refractivity contribution in [3.8, 4) is 0 Å². The van der Waals surface area contributed by atoms with E-state index in [0.29, 0.717) is 0 Å². The van der Waals surface area contributed by atoms with Gasteiger partial charge in [-0.15, -0.1) is 0 Å². The first-order valence-electron chi connectivity index (χ1n) is 6.11. The first-order chi connectivity index (χ1) is 7.81. The maximum absolute atomic E-state index is 8.97. The van der Waals surface area contributed by atoms with Crippen LogP contribution < -0.4 is 5.32 Å². The van der Waals surface area contributed by atoms with Gasteiger partial charge in [0.25, 0.3) is 0 Å². The number of aromatic nitrogens is 1. The number of rotatable bonds is 4. The molecule has 0 saturated carbocycles. The minimum Gasteiger partial charge on any atom is -0.395 e. The molecule has 0 spiro atoms. The SMILES string of the molecule is CC(CO)NCc1nccc2c1CCCC2. The first-order valence-corrected chi connectivity index (χ1v) is 6.11. The Morgan fingerprint density at radius 1 is 1.44 bits per heavy atom. The van der Waals surface area contributed by atoms with Crippen LogP contribution in [0, 0.1) is 0 Å². The van der Waals surface area contributed by atoms with Crippen LogP contribution in [0.2, 0.25) is 0 Å². The van der Waals surface area contributed by atoms with Crippen molar-refractivity contribution in [2.45, 2.75) is 45.2 Å². The van der Waals surface area contributed by atoms with E-state index < -0.39 is 0 Å². The quantitative estimate of drug-likeness (QED) is 0.807. The molecule has 0 saturated heterocycles. The second kappa shape index (κ2) is 5.41. The third kappa shape index (κ3) is 2.60. The predicted octanol–water partition coefficient (Wildman–Crippen LogP) is 1.43. The summed E-state index contributed by atoms with van der Waals surface area (Å²) in [5, 5.41) is 12.3. The van der Waals surface area contributed by atoms with E-state index in [9.17, 15) is 0 Å². The number of aliphatic hydroxyl groups is 1. The fourth-order valence-electron chi connectivity index (χ4n) is 2.23. The zero-order chi connectivity index (χ0) is 11.4. The summed E-state index contributed by atoms with van der Waals surface area (Å²) in [5.41, 5.74) is 4.07. The van der Waals surface area contributed by atoms with Crippen molar-refractivity contribution < 1.29 is 5.11 Å². The molecule has 0 aromatic carbocycles. The largest absolute Gasteiger partial charge is 0.395 e. The zero-order valence-corrected chi connectivity index (χ0v) is 9.87. The molecule has 2 rings (SSSR count). The number of hydrogen-bond donors (Lipinski definition) is 2. The Hall–Kier alpha value is -0.930. The molecule has 1 aromatic rings. The Labute approximate surface area is 96.9 Å². The number of aryl methyl sites for hydroxylation is 1. The first kappa shape index (κ1) is 11.6. The molecular weight excluding hydrogens is 200 g/mol. The minimum atomic E-state index is 0.140. The van der Waals surface area contributed by atoms with Crippen molar-refractivity contribution in [3.63, 3.8) is 0 Å². The molecule has 1 aromatic heterocycles. The zero-order valence-electron chi connectivity index (χ0n) is 9.87. The minimum absolute atomic E-state index is 0.140. The van der Waals surface area contributed by atoms with E-state index in [1.54, 1.807) is 0 Å².